The van der Waals surface area contributed by atoms with Crippen LogP contribution in [0.15, 0.2) is 0 Å². The zero-order valence-electron chi connectivity index (χ0n) is 24.4. The van der Waals surface area contributed by atoms with E-state index < -0.39 is 6.09 Å². The molecule has 7 nitrogen and oxygen atoms in total. The molecule has 3 N–H and O–H groups in total. The molecule has 4 aliphatic carbocycles. The van der Waals surface area contributed by atoms with E-state index in [0.29, 0.717) is 55.1 Å². The number of nitrogens with one attached hydrogen (secondary N) is 1. The predicted molar refractivity (Wildman–Crippen MR) is 146 cm³/mol. The molecule has 11 atom stereocenters. The average Bonchev–Trinajstić information content (AvgIpc) is 3.25. The van der Waals surface area contributed by atoms with Gasteiger partial charge in [-0.15, -0.1) is 0 Å². The van der Waals surface area contributed by atoms with Gasteiger partial charge in [0.2, 0.25) is 0 Å². The molecule has 0 heterocycles. The lowest BCUT2D eigenvalue weighted by molar-refractivity contribution is -0.203. The summed E-state index contributed by atoms with van der Waals surface area (Å²) in [5, 5.41) is 25.1. The lowest BCUT2D eigenvalue weighted by Gasteiger charge is -2.64. The molecule has 4 fully saturated rings. The quantitative estimate of drug-likeness (QED) is 0.273. The summed E-state index contributed by atoms with van der Waals surface area (Å²) in [6, 6.07) is 0. The second kappa shape index (κ2) is 12.0. The topological polar surface area (TPSA) is 105 Å². The first-order valence-electron chi connectivity index (χ1n) is 15.4. The Bertz CT molecular complexity index is 835. The molecule has 0 radical (unpaired) electrons. The Morgan fingerprint density at radius 1 is 1.03 bits per heavy atom. The highest BCUT2D eigenvalue weighted by Gasteiger charge is 2.64. The maximum Gasteiger partial charge on any atom is 0.407 e. The Hall–Kier alpha value is -1.34. The molecule has 0 aromatic carbocycles. The maximum absolute atomic E-state index is 12.1. The maximum atomic E-state index is 12.1. The van der Waals surface area contributed by atoms with Crippen molar-refractivity contribution in [2.75, 3.05) is 20.3 Å². The number of fused-ring (bicyclic) bond motifs is 5. The second-order valence-corrected chi connectivity index (χ2v) is 13.6. The minimum Gasteiger partial charge on any atom is -0.469 e. The van der Waals surface area contributed by atoms with E-state index in [9.17, 15) is 19.8 Å². The van der Waals surface area contributed by atoms with Crippen LogP contribution in [0.2, 0.25) is 0 Å². The van der Waals surface area contributed by atoms with Crippen molar-refractivity contribution in [3.05, 3.63) is 0 Å². The van der Waals surface area contributed by atoms with Crippen LogP contribution in [0.4, 0.5) is 4.79 Å². The van der Waals surface area contributed by atoms with Crippen molar-refractivity contribution in [1.82, 2.24) is 5.32 Å². The van der Waals surface area contributed by atoms with Crippen LogP contribution in [0.25, 0.3) is 0 Å². The molecule has 0 bridgehead atoms. The molecule has 38 heavy (non-hydrogen) atoms. The van der Waals surface area contributed by atoms with E-state index in [1.54, 1.807) is 0 Å². The van der Waals surface area contributed by atoms with E-state index in [2.05, 4.69) is 37.7 Å². The third-order valence-electron chi connectivity index (χ3n) is 12.0. The van der Waals surface area contributed by atoms with Gasteiger partial charge in [-0.3, -0.25) is 4.79 Å². The lowest BCUT2D eigenvalue weighted by atomic mass is 9.41. The summed E-state index contributed by atoms with van der Waals surface area (Å²) in [6.07, 6.45) is 9.38. The zero-order chi connectivity index (χ0) is 27.7. The molecule has 0 spiro atoms. The Morgan fingerprint density at radius 3 is 2.45 bits per heavy atom. The number of esters is 1. The van der Waals surface area contributed by atoms with Crippen molar-refractivity contribution in [2.45, 2.75) is 111 Å². The highest BCUT2D eigenvalue weighted by atomic mass is 16.5. The van der Waals surface area contributed by atoms with Gasteiger partial charge in [-0.1, -0.05) is 34.1 Å². The zero-order valence-corrected chi connectivity index (χ0v) is 24.4. The third-order valence-corrected chi connectivity index (χ3v) is 12.0. The Morgan fingerprint density at radius 2 is 1.74 bits per heavy atom. The molecular formula is C31H53NO6. The van der Waals surface area contributed by atoms with Gasteiger partial charge in [0.25, 0.3) is 0 Å². The number of carbonyl (C=O) groups is 2. The third kappa shape index (κ3) is 5.48. The van der Waals surface area contributed by atoms with E-state index in [1.165, 1.54) is 32.8 Å². The van der Waals surface area contributed by atoms with E-state index in [0.717, 1.165) is 32.1 Å². The van der Waals surface area contributed by atoms with Crippen molar-refractivity contribution in [2.24, 2.45) is 52.3 Å². The van der Waals surface area contributed by atoms with E-state index >= 15 is 0 Å². The molecule has 4 saturated carbocycles. The summed E-state index contributed by atoms with van der Waals surface area (Å²) in [5.74, 6) is 2.92. The lowest BCUT2D eigenvalue weighted by Crippen LogP contribution is -2.62. The molecule has 0 aromatic rings. The van der Waals surface area contributed by atoms with Crippen LogP contribution in [0.3, 0.4) is 0 Å². The van der Waals surface area contributed by atoms with Gasteiger partial charge >= 0.3 is 12.1 Å². The summed E-state index contributed by atoms with van der Waals surface area (Å²) in [5.41, 5.74) is 0.445. The van der Waals surface area contributed by atoms with Gasteiger partial charge in [-0.25, -0.2) is 4.79 Å². The van der Waals surface area contributed by atoms with Crippen molar-refractivity contribution < 1.29 is 29.3 Å². The number of ether oxygens (including phenoxy) is 2. The normalized spacial score (nSPS) is 42.8. The van der Waals surface area contributed by atoms with Crippen LogP contribution < -0.4 is 5.32 Å². The number of alkyl carbamates (subject to hydrolysis) is 1. The molecule has 0 aromatic heterocycles. The molecule has 0 aliphatic heterocycles. The fourth-order valence-electron chi connectivity index (χ4n) is 10.0. The first kappa shape index (κ1) is 29.6. The molecule has 4 aliphatic rings. The Labute approximate surface area is 229 Å². The number of methoxy groups -OCH3 is 1. The summed E-state index contributed by atoms with van der Waals surface area (Å²) in [6.45, 7) is 10.3. The van der Waals surface area contributed by atoms with E-state index in [4.69, 9.17) is 4.74 Å². The Balaban J connectivity index is 1.35. The van der Waals surface area contributed by atoms with Crippen molar-refractivity contribution in [3.8, 4) is 0 Å². The van der Waals surface area contributed by atoms with Crippen LogP contribution in [0, 0.1) is 52.3 Å². The molecule has 3 unspecified atom stereocenters. The van der Waals surface area contributed by atoms with Crippen LogP contribution in [0.5, 0.6) is 0 Å². The largest absolute Gasteiger partial charge is 0.469 e. The number of carbonyl (C=O) groups excluding carboxylic acids is 2. The van der Waals surface area contributed by atoms with Crippen molar-refractivity contribution in [1.29, 1.82) is 0 Å². The molecular weight excluding hydrogens is 482 g/mol. The number of rotatable bonds is 9. The van der Waals surface area contributed by atoms with Gasteiger partial charge in [0.15, 0.2) is 0 Å². The SMILES string of the molecule is CC[C@H]1[C@@H](O)C2[C@@H]3CC[C@H]([C@H](C)CCOC(=O)NCCCC(=O)OC)C3(C)CC[C@@H]2C2(C)CC[C@@H](O)C[C@@H]12. The van der Waals surface area contributed by atoms with Crippen LogP contribution in [0.1, 0.15) is 98.3 Å². The molecule has 4 rings (SSSR count). The van der Waals surface area contributed by atoms with Gasteiger partial charge < -0.3 is 25.0 Å². The number of amides is 1. The summed E-state index contributed by atoms with van der Waals surface area (Å²) < 4.78 is 10.1. The van der Waals surface area contributed by atoms with E-state index in [1.807, 2.05) is 0 Å². The van der Waals surface area contributed by atoms with Gasteiger partial charge in [0, 0.05) is 13.0 Å². The summed E-state index contributed by atoms with van der Waals surface area (Å²) in [4.78, 5) is 23.3. The first-order chi connectivity index (χ1) is 18.1. The minimum absolute atomic E-state index is 0.208. The standard InChI is InChI=1S/C31H53NO6/c1-6-21-25-18-20(33)11-14-31(25,4)24-12-15-30(3)22(9-10-23(30)27(24)28(21)35)19(2)13-17-38-29(36)32-16-7-8-26(34)37-5/h19-25,27-28,33,35H,6-18H2,1-5H3,(H,32,36)/t19-,20-,21-,22-,23+,24+,25+,27?,28-,30?,31?/m1/s1. The highest BCUT2D eigenvalue weighted by Crippen LogP contribution is 2.69. The fraction of sp³-hybridized carbons (Fsp3) is 0.935. The molecule has 1 amide bonds. The van der Waals surface area contributed by atoms with Gasteiger partial charge in [-0.2, -0.15) is 0 Å². The number of hydrogen-bond acceptors (Lipinski definition) is 6. The van der Waals surface area contributed by atoms with Gasteiger partial charge in [0.1, 0.15) is 0 Å². The Kier molecular flexibility index (Phi) is 9.39. The highest BCUT2D eigenvalue weighted by molar-refractivity contribution is 5.69. The minimum atomic E-state index is -0.422. The van der Waals surface area contributed by atoms with E-state index in [-0.39, 0.29) is 41.3 Å². The smallest absolute Gasteiger partial charge is 0.407 e. The number of aliphatic hydroxyl groups excluding tert-OH is 2. The molecule has 0 saturated heterocycles. The fourth-order valence-corrected chi connectivity index (χ4v) is 10.0. The van der Waals surface area contributed by atoms with Crippen molar-refractivity contribution >= 4 is 12.1 Å². The van der Waals surface area contributed by atoms with Gasteiger partial charge in [0.05, 0.1) is 25.9 Å². The molecule has 218 valence electrons. The first-order valence-corrected chi connectivity index (χ1v) is 15.4. The van der Waals surface area contributed by atoms with Crippen LogP contribution >= 0.6 is 0 Å². The summed E-state index contributed by atoms with van der Waals surface area (Å²) >= 11 is 0. The van der Waals surface area contributed by atoms with Gasteiger partial charge in [-0.05, 0) is 110 Å². The van der Waals surface area contributed by atoms with Crippen molar-refractivity contribution in [3.63, 3.8) is 0 Å². The second-order valence-electron chi connectivity index (χ2n) is 13.6. The summed E-state index contributed by atoms with van der Waals surface area (Å²) in [7, 11) is 1.36. The number of hydrogen-bond donors (Lipinski definition) is 3. The van der Waals surface area contributed by atoms with Crippen LogP contribution in [-0.2, 0) is 14.3 Å². The molecule has 7 heteroatoms. The predicted octanol–water partition coefficient (Wildman–Crippen LogP) is 5.32. The van der Waals surface area contributed by atoms with Crippen LogP contribution in [-0.4, -0.2) is 54.7 Å². The monoisotopic (exact) mass is 535 g/mol. The average molecular weight is 536 g/mol. The number of aliphatic hydroxyl groups is 2.